The van der Waals surface area contributed by atoms with Crippen LogP contribution in [0.5, 0.6) is 0 Å². The largest absolute Gasteiger partial charge is 0.465 e. The average Bonchev–Trinajstić information content (AvgIpc) is 2.39. The van der Waals surface area contributed by atoms with Gasteiger partial charge < -0.3 is 10.1 Å². The number of hydrogen-bond donors (Lipinski definition) is 1. The fourth-order valence-corrected chi connectivity index (χ4v) is 3.12. The molecular formula is C13H15Br2NO3S. The number of thioether (sulfide) groups is 1. The molecule has 1 rings (SSSR count). The molecule has 0 radical (unpaired) electrons. The Labute approximate surface area is 139 Å². The topological polar surface area (TPSA) is 55.4 Å². The molecule has 0 bridgehead atoms. The highest BCUT2D eigenvalue weighted by atomic mass is 79.9. The van der Waals surface area contributed by atoms with Gasteiger partial charge in [-0.15, -0.1) is 11.8 Å². The molecule has 1 N–H and O–H groups in total. The van der Waals surface area contributed by atoms with Crippen molar-refractivity contribution < 1.29 is 14.3 Å². The molecule has 0 aliphatic heterocycles. The summed E-state index contributed by atoms with van der Waals surface area (Å²) in [6.45, 7) is 3.86. The molecule has 0 fully saturated rings. The van der Waals surface area contributed by atoms with Crippen LogP contribution < -0.4 is 5.32 Å². The maximum absolute atomic E-state index is 12.0. The van der Waals surface area contributed by atoms with Crippen molar-refractivity contribution in [1.29, 1.82) is 0 Å². The van der Waals surface area contributed by atoms with Crippen molar-refractivity contribution in [3.05, 3.63) is 27.1 Å². The van der Waals surface area contributed by atoms with Crippen LogP contribution in [-0.2, 0) is 14.3 Å². The van der Waals surface area contributed by atoms with Gasteiger partial charge in [-0.1, -0.05) is 15.9 Å². The highest BCUT2D eigenvalue weighted by molar-refractivity contribution is 9.11. The second-order valence-corrected chi connectivity index (χ2v) is 6.97. The van der Waals surface area contributed by atoms with Crippen LogP contribution in [0.2, 0.25) is 0 Å². The van der Waals surface area contributed by atoms with Crippen molar-refractivity contribution in [3.8, 4) is 0 Å². The maximum Gasteiger partial charge on any atom is 0.315 e. The van der Waals surface area contributed by atoms with E-state index in [9.17, 15) is 9.59 Å². The summed E-state index contributed by atoms with van der Waals surface area (Å²) in [5.41, 5.74) is 0.696. The lowest BCUT2D eigenvalue weighted by Crippen LogP contribution is -2.24. The maximum atomic E-state index is 12.0. The normalized spacial score (nSPS) is 11.8. The first-order valence-corrected chi connectivity index (χ1v) is 8.60. The number of carbonyl (C=O) groups excluding carboxylic acids is 2. The summed E-state index contributed by atoms with van der Waals surface area (Å²) in [7, 11) is 0. The Balaban J connectivity index is 2.51. The Bertz CT molecular complexity index is 497. The average molecular weight is 425 g/mol. The minimum Gasteiger partial charge on any atom is -0.465 e. The predicted octanol–water partition coefficient (Wildman–Crippen LogP) is 3.83. The molecule has 7 heteroatoms. The van der Waals surface area contributed by atoms with Crippen molar-refractivity contribution in [3.63, 3.8) is 0 Å². The van der Waals surface area contributed by atoms with Gasteiger partial charge >= 0.3 is 5.97 Å². The van der Waals surface area contributed by atoms with Crippen LogP contribution in [-0.4, -0.2) is 29.5 Å². The molecule has 0 aromatic heterocycles. The number of anilines is 1. The number of hydrogen-bond acceptors (Lipinski definition) is 4. The van der Waals surface area contributed by atoms with Crippen LogP contribution >= 0.6 is 43.6 Å². The quantitative estimate of drug-likeness (QED) is 0.705. The standard InChI is InChI=1S/C13H15Br2NO3S/c1-3-19-12(17)7-20-8(2)13(18)16-11-5-4-9(14)6-10(11)15/h4-6,8H,3,7H2,1-2H3,(H,16,18). The summed E-state index contributed by atoms with van der Waals surface area (Å²) in [4.78, 5) is 23.2. The zero-order chi connectivity index (χ0) is 15.1. The van der Waals surface area contributed by atoms with Gasteiger partial charge in [-0.2, -0.15) is 0 Å². The van der Waals surface area contributed by atoms with Crippen molar-refractivity contribution in [1.82, 2.24) is 0 Å². The van der Waals surface area contributed by atoms with Gasteiger partial charge in [0.05, 0.1) is 23.3 Å². The smallest absolute Gasteiger partial charge is 0.315 e. The highest BCUT2D eigenvalue weighted by Crippen LogP contribution is 2.26. The van der Waals surface area contributed by atoms with E-state index in [1.54, 1.807) is 19.9 Å². The molecule has 1 aromatic carbocycles. The minimum absolute atomic E-state index is 0.151. The Morgan fingerprint density at radius 1 is 1.40 bits per heavy atom. The summed E-state index contributed by atoms with van der Waals surface area (Å²) in [5, 5.41) is 2.48. The third-order valence-electron chi connectivity index (χ3n) is 2.31. The Hall–Kier alpha value is -0.530. The Morgan fingerprint density at radius 2 is 2.10 bits per heavy atom. The van der Waals surface area contributed by atoms with Crippen molar-refractivity contribution >= 4 is 61.2 Å². The van der Waals surface area contributed by atoms with E-state index in [0.29, 0.717) is 12.3 Å². The van der Waals surface area contributed by atoms with Crippen LogP contribution in [0.15, 0.2) is 27.1 Å². The SMILES string of the molecule is CCOC(=O)CSC(C)C(=O)Nc1ccc(Br)cc1Br. The molecule has 1 atom stereocenters. The number of rotatable bonds is 6. The summed E-state index contributed by atoms with van der Waals surface area (Å²) in [5.74, 6) is -0.284. The second kappa shape index (κ2) is 8.69. The lowest BCUT2D eigenvalue weighted by atomic mass is 10.3. The Kier molecular flexibility index (Phi) is 7.61. The van der Waals surface area contributed by atoms with E-state index in [1.807, 2.05) is 12.1 Å². The van der Waals surface area contributed by atoms with Gasteiger partial charge in [0, 0.05) is 8.95 Å². The fourth-order valence-electron chi connectivity index (χ4n) is 1.30. The van der Waals surface area contributed by atoms with E-state index in [0.717, 1.165) is 8.95 Å². The number of esters is 1. The van der Waals surface area contributed by atoms with Gasteiger partial charge in [-0.3, -0.25) is 9.59 Å². The van der Waals surface area contributed by atoms with E-state index < -0.39 is 0 Å². The van der Waals surface area contributed by atoms with E-state index in [1.165, 1.54) is 11.8 Å². The van der Waals surface area contributed by atoms with E-state index in [-0.39, 0.29) is 22.9 Å². The third kappa shape index (κ3) is 5.85. The molecule has 0 saturated carbocycles. The van der Waals surface area contributed by atoms with Gasteiger partial charge in [-0.05, 0) is 48.0 Å². The van der Waals surface area contributed by atoms with Crippen LogP contribution in [0, 0.1) is 0 Å². The molecule has 1 unspecified atom stereocenters. The molecule has 0 aliphatic rings. The molecule has 110 valence electrons. The molecule has 1 aromatic rings. The predicted molar refractivity (Wildman–Crippen MR) is 89.0 cm³/mol. The van der Waals surface area contributed by atoms with Crippen LogP contribution in [0.1, 0.15) is 13.8 Å². The van der Waals surface area contributed by atoms with Gasteiger partial charge in [0.2, 0.25) is 5.91 Å². The third-order valence-corrected chi connectivity index (χ3v) is 4.58. The first-order chi connectivity index (χ1) is 9.43. The first-order valence-electron chi connectivity index (χ1n) is 5.97. The minimum atomic E-state index is -0.338. The number of amides is 1. The number of halogens is 2. The summed E-state index contributed by atoms with van der Waals surface area (Å²) >= 11 is 7.98. The molecule has 0 heterocycles. The van der Waals surface area contributed by atoms with Crippen molar-refractivity contribution in [2.75, 3.05) is 17.7 Å². The zero-order valence-electron chi connectivity index (χ0n) is 11.1. The summed E-state index contributed by atoms with van der Waals surface area (Å²) < 4.78 is 6.54. The van der Waals surface area contributed by atoms with Gasteiger partial charge in [0.25, 0.3) is 0 Å². The fraction of sp³-hybridized carbons (Fsp3) is 0.385. The highest BCUT2D eigenvalue weighted by Gasteiger charge is 2.16. The summed E-state index contributed by atoms with van der Waals surface area (Å²) in [6, 6.07) is 5.50. The Morgan fingerprint density at radius 3 is 2.70 bits per heavy atom. The van der Waals surface area contributed by atoms with E-state index in [4.69, 9.17) is 4.74 Å². The van der Waals surface area contributed by atoms with Gasteiger partial charge in [0.15, 0.2) is 0 Å². The van der Waals surface area contributed by atoms with Crippen LogP contribution in [0.4, 0.5) is 5.69 Å². The molecule has 0 spiro atoms. The number of ether oxygens (including phenoxy) is 1. The zero-order valence-corrected chi connectivity index (χ0v) is 15.1. The van der Waals surface area contributed by atoms with Crippen LogP contribution in [0.3, 0.4) is 0 Å². The lowest BCUT2D eigenvalue weighted by Gasteiger charge is -2.12. The molecule has 4 nitrogen and oxygen atoms in total. The molecule has 0 aliphatic carbocycles. The van der Waals surface area contributed by atoms with E-state index in [2.05, 4.69) is 37.2 Å². The van der Waals surface area contributed by atoms with E-state index >= 15 is 0 Å². The monoisotopic (exact) mass is 423 g/mol. The lowest BCUT2D eigenvalue weighted by molar-refractivity contribution is -0.139. The number of carbonyl (C=O) groups is 2. The van der Waals surface area contributed by atoms with Gasteiger partial charge in [0.1, 0.15) is 0 Å². The molecular weight excluding hydrogens is 410 g/mol. The molecule has 20 heavy (non-hydrogen) atoms. The van der Waals surface area contributed by atoms with Crippen molar-refractivity contribution in [2.24, 2.45) is 0 Å². The number of nitrogens with one attached hydrogen (secondary N) is 1. The first kappa shape index (κ1) is 17.5. The molecule has 1 amide bonds. The number of benzene rings is 1. The second-order valence-electron chi connectivity index (χ2n) is 3.87. The van der Waals surface area contributed by atoms with Crippen LogP contribution in [0.25, 0.3) is 0 Å². The van der Waals surface area contributed by atoms with Crippen molar-refractivity contribution in [2.45, 2.75) is 19.1 Å². The molecule has 0 saturated heterocycles. The van der Waals surface area contributed by atoms with Gasteiger partial charge in [-0.25, -0.2) is 0 Å². The summed E-state index contributed by atoms with van der Waals surface area (Å²) in [6.07, 6.45) is 0.